The molecule has 0 aliphatic carbocycles. The number of nitrogens with zero attached hydrogens (tertiary/aromatic N) is 2. The molecule has 0 fully saturated rings. The fourth-order valence-electron chi connectivity index (χ4n) is 3.03. The molecule has 0 atom stereocenters. The van der Waals surface area contributed by atoms with E-state index in [2.05, 4.69) is 0 Å². The SMILES string of the molecule is CCN(Cc1ccc(C(=O)N(C)C)cc1)C(=O)CCC(=O)c1cc(C)sc1C. The largest absolute Gasteiger partial charge is 0.345 e. The number of aryl methyl sites for hydroxylation is 2. The van der Waals surface area contributed by atoms with Gasteiger partial charge in [0, 0.05) is 60.9 Å². The molecule has 1 heterocycles. The zero-order chi connectivity index (χ0) is 20.8. The van der Waals surface area contributed by atoms with Crippen molar-refractivity contribution in [1.82, 2.24) is 9.80 Å². The van der Waals surface area contributed by atoms with Crippen LogP contribution in [0.1, 0.15) is 55.8 Å². The Kier molecular flexibility index (Phi) is 7.52. The van der Waals surface area contributed by atoms with Crippen molar-refractivity contribution in [1.29, 1.82) is 0 Å². The van der Waals surface area contributed by atoms with Crippen molar-refractivity contribution in [2.45, 2.75) is 40.2 Å². The summed E-state index contributed by atoms with van der Waals surface area (Å²) in [6.07, 6.45) is 0.431. The number of hydrogen-bond acceptors (Lipinski definition) is 4. The van der Waals surface area contributed by atoms with E-state index in [9.17, 15) is 14.4 Å². The van der Waals surface area contributed by atoms with Crippen molar-refractivity contribution in [3.8, 4) is 0 Å². The molecule has 28 heavy (non-hydrogen) atoms. The van der Waals surface area contributed by atoms with Crippen LogP contribution in [0.4, 0.5) is 0 Å². The number of Topliss-reactive ketones (excluding diaryl/α,β-unsaturated/α-hetero) is 1. The first-order chi connectivity index (χ1) is 13.2. The van der Waals surface area contributed by atoms with Crippen molar-refractivity contribution in [3.05, 3.63) is 56.8 Å². The van der Waals surface area contributed by atoms with Crippen LogP contribution in [0.15, 0.2) is 30.3 Å². The third-order valence-electron chi connectivity index (χ3n) is 4.62. The lowest BCUT2D eigenvalue weighted by Crippen LogP contribution is -2.30. The minimum absolute atomic E-state index is 0.0257. The Morgan fingerprint density at radius 2 is 1.64 bits per heavy atom. The maximum absolute atomic E-state index is 12.6. The van der Waals surface area contributed by atoms with E-state index in [4.69, 9.17) is 0 Å². The minimum Gasteiger partial charge on any atom is -0.345 e. The van der Waals surface area contributed by atoms with Gasteiger partial charge in [-0.15, -0.1) is 11.3 Å². The van der Waals surface area contributed by atoms with Crippen LogP contribution < -0.4 is 0 Å². The van der Waals surface area contributed by atoms with E-state index < -0.39 is 0 Å². The molecule has 0 aliphatic rings. The Balaban J connectivity index is 1.95. The van der Waals surface area contributed by atoms with Crippen LogP contribution in [0.3, 0.4) is 0 Å². The second-order valence-electron chi connectivity index (χ2n) is 7.05. The van der Waals surface area contributed by atoms with Crippen molar-refractivity contribution < 1.29 is 14.4 Å². The van der Waals surface area contributed by atoms with Crippen molar-refractivity contribution in [2.75, 3.05) is 20.6 Å². The van der Waals surface area contributed by atoms with Crippen LogP contribution in [-0.2, 0) is 11.3 Å². The Morgan fingerprint density at radius 3 is 2.14 bits per heavy atom. The summed E-state index contributed by atoms with van der Waals surface area (Å²) in [6.45, 7) is 6.89. The van der Waals surface area contributed by atoms with Crippen molar-refractivity contribution in [3.63, 3.8) is 0 Å². The van der Waals surface area contributed by atoms with E-state index >= 15 is 0 Å². The lowest BCUT2D eigenvalue weighted by Gasteiger charge is -2.21. The molecule has 0 bridgehead atoms. The molecule has 150 valence electrons. The molecule has 0 aliphatic heterocycles. The second kappa shape index (κ2) is 9.64. The highest BCUT2D eigenvalue weighted by atomic mass is 32.1. The molecule has 2 amide bonds. The number of amides is 2. The fourth-order valence-corrected chi connectivity index (χ4v) is 3.97. The summed E-state index contributed by atoms with van der Waals surface area (Å²) >= 11 is 1.61. The predicted octanol–water partition coefficient (Wildman–Crippen LogP) is 4.08. The van der Waals surface area contributed by atoms with E-state index in [0.717, 1.165) is 20.9 Å². The van der Waals surface area contributed by atoms with E-state index in [-0.39, 0.29) is 30.4 Å². The molecule has 6 heteroatoms. The zero-order valence-corrected chi connectivity index (χ0v) is 18.1. The Morgan fingerprint density at radius 1 is 1.00 bits per heavy atom. The van der Waals surface area contributed by atoms with Crippen LogP contribution in [0.25, 0.3) is 0 Å². The molecule has 0 unspecified atom stereocenters. The van der Waals surface area contributed by atoms with Gasteiger partial charge >= 0.3 is 0 Å². The first-order valence-electron chi connectivity index (χ1n) is 9.41. The highest BCUT2D eigenvalue weighted by Gasteiger charge is 2.17. The molecule has 5 nitrogen and oxygen atoms in total. The normalized spacial score (nSPS) is 10.6. The van der Waals surface area contributed by atoms with Gasteiger partial charge in [-0.05, 0) is 44.5 Å². The average Bonchev–Trinajstić information content (AvgIpc) is 3.01. The number of carbonyl (C=O) groups excluding carboxylic acids is 3. The van der Waals surface area contributed by atoms with E-state index in [1.165, 1.54) is 4.90 Å². The number of rotatable bonds is 8. The quantitative estimate of drug-likeness (QED) is 0.628. The van der Waals surface area contributed by atoms with Crippen LogP contribution >= 0.6 is 11.3 Å². The molecule has 0 spiro atoms. The first-order valence-corrected chi connectivity index (χ1v) is 10.2. The van der Waals surface area contributed by atoms with Gasteiger partial charge in [-0.25, -0.2) is 0 Å². The van der Waals surface area contributed by atoms with Crippen molar-refractivity contribution in [2.24, 2.45) is 0 Å². The maximum atomic E-state index is 12.6. The van der Waals surface area contributed by atoms with E-state index in [0.29, 0.717) is 18.7 Å². The second-order valence-corrected chi connectivity index (χ2v) is 8.51. The summed E-state index contributed by atoms with van der Waals surface area (Å²) in [5.41, 5.74) is 2.32. The summed E-state index contributed by atoms with van der Waals surface area (Å²) in [5.74, 6) is -0.0563. The fraction of sp³-hybridized carbons (Fsp3) is 0.409. The topological polar surface area (TPSA) is 57.7 Å². The molecule has 1 aromatic carbocycles. The lowest BCUT2D eigenvalue weighted by molar-refractivity contribution is -0.131. The van der Waals surface area contributed by atoms with Gasteiger partial charge in [-0.3, -0.25) is 14.4 Å². The summed E-state index contributed by atoms with van der Waals surface area (Å²) < 4.78 is 0. The molecule has 0 N–H and O–H groups in total. The van der Waals surface area contributed by atoms with Crippen LogP contribution in [0, 0.1) is 13.8 Å². The van der Waals surface area contributed by atoms with Gasteiger partial charge in [0.05, 0.1) is 0 Å². The maximum Gasteiger partial charge on any atom is 0.253 e. The highest BCUT2D eigenvalue weighted by Crippen LogP contribution is 2.22. The number of carbonyl (C=O) groups is 3. The van der Waals surface area contributed by atoms with Gasteiger partial charge in [-0.1, -0.05) is 12.1 Å². The predicted molar refractivity (Wildman–Crippen MR) is 113 cm³/mol. The summed E-state index contributed by atoms with van der Waals surface area (Å²) in [5, 5.41) is 0. The molecule has 0 saturated carbocycles. The van der Waals surface area contributed by atoms with Crippen LogP contribution in [0.2, 0.25) is 0 Å². The number of hydrogen-bond donors (Lipinski definition) is 0. The van der Waals surface area contributed by atoms with Gasteiger partial charge in [0.1, 0.15) is 0 Å². The van der Waals surface area contributed by atoms with Crippen LogP contribution in [0.5, 0.6) is 0 Å². The van der Waals surface area contributed by atoms with E-state index in [1.807, 2.05) is 39.0 Å². The smallest absolute Gasteiger partial charge is 0.253 e. The van der Waals surface area contributed by atoms with Gasteiger partial charge in [0.15, 0.2) is 5.78 Å². The highest BCUT2D eigenvalue weighted by molar-refractivity contribution is 7.12. The van der Waals surface area contributed by atoms with E-state index in [1.54, 1.807) is 42.5 Å². The van der Waals surface area contributed by atoms with Gasteiger partial charge in [0.25, 0.3) is 5.91 Å². The number of ketones is 1. The average molecular weight is 401 g/mol. The third-order valence-corrected chi connectivity index (χ3v) is 5.59. The standard InChI is InChI=1S/C22H28N2O3S/c1-6-24(14-17-7-9-18(10-8-17)22(27)23(4)5)21(26)12-11-20(25)19-13-15(2)28-16(19)3/h7-10,13H,6,11-12,14H2,1-5H3. The Labute approximate surface area is 171 Å². The van der Waals surface area contributed by atoms with Gasteiger partial charge in [0.2, 0.25) is 5.91 Å². The molecule has 2 rings (SSSR count). The zero-order valence-electron chi connectivity index (χ0n) is 17.2. The lowest BCUT2D eigenvalue weighted by atomic mass is 10.1. The van der Waals surface area contributed by atoms with Crippen molar-refractivity contribution >= 4 is 28.9 Å². The third kappa shape index (κ3) is 5.52. The molecule has 0 radical (unpaired) electrons. The summed E-state index contributed by atoms with van der Waals surface area (Å²) in [7, 11) is 3.43. The minimum atomic E-state index is -0.0487. The molecular weight excluding hydrogens is 372 g/mol. The number of benzene rings is 1. The Hall–Kier alpha value is -2.47. The Bertz CT molecular complexity index is 853. The molecule has 1 aromatic heterocycles. The van der Waals surface area contributed by atoms with Gasteiger partial charge < -0.3 is 9.80 Å². The summed E-state index contributed by atoms with van der Waals surface area (Å²) in [6, 6.07) is 9.20. The molecular formula is C22H28N2O3S. The number of thiophene rings is 1. The summed E-state index contributed by atoms with van der Waals surface area (Å²) in [4.78, 5) is 42.3. The van der Waals surface area contributed by atoms with Crippen LogP contribution in [-0.4, -0.2) is 48.0 Å². The first kappa shape index (κ1) is 21.8. The molecule has 0 saturated heterocycles. The monoisotopic (exact) mass is 400 g/mol. The van der Waals surface area contributed by atoms with Gasteiger partial charge in [-0.2, -0.15) is 0 Å². The molecule has 2 aromatic rings.